The van der Waals surface area contributed by atoms with Gasteiger partial charge >= 0.3 is 0 Å². The second-order valence-corrected chi connectivity index (χ2v) is 9.68. The van der Waals surface area contributed by atoms with Crippen molar-refractivity contribution in [1.29, 1.82) is 0 Å². The number of rotatable bonds is 7. The Labute approximate surface area is 184 Å². The molecular formula is C21H20ClN3O3S2. The third-order valence-electron chi connectivity index (χ3n) is 4.29. The van der Waals surface area contributed by atoms with E-state index in [1.165, 1.54) is 29.5 Å². The van der Waals surface area contributed by atoms with E-state index < -0.39 is 22.5 Å². The van der Waals surface area contributed by atoms with Gasteiger partial charge in [-0.15, -0.1) is 11.3 Å². The van der Waals surface area contributed by atoms with Gasteiger partial charge in [0.15, 0.2) is 0 Å². The molecule has 6 nitrogen and oxygen atoms in total. The highest BCUT2D eigenvalue weighted by molar-refractivity contribution is 7.92. The first-order valence-corrected chi connectivity index (χ1v) is 11.7. The van der Waals surface area contributed by atoms with Gasteiger partial charge in [0.2, 0.25) is 0 Å². The number of anilines is 1. The molecule has 30 heavy (non-hydrogen) atoms. The molecule has 0 radical (unpaired) electrons. The summed E-state index contributed by atoms with van der Waals surface area (Å²) in [5, 5.41) is 6.40. The summed E-state index contributed by atoms with van der Waals surface area (Å²) in [6.45, 7) is 3.14. The minimum absolute atomic E-state index is 0.0766. The van der Waals surface area contributed by atoms with Crippen LogP contribution < -0.4 is 9.73 Å². The van der Waals surface area contributed by atoms with Gasteiger partial charge in [-0.25, -0.2) is 13.8 Å². The average molecular weight is 462 g/mol. The number of hydrazone groups is 1. The number of halogens is 1. The zero-order chi connectivity index (χ0) is 21.7. The van der Waals surface area contributed by atoms with E-state index in [-0.39, 0.29) is 4.90 Å². The van der Waals surface area contributed by atoms with Crippen LogP contribution in [-0.4, -0.2) is 26.6 Å². The first-order valence-electron chi connectivity index (χ1n) is 9.00. The van der Waals surface area contributed by atoms with Crippen molar-refractivity contribution in [1.82, 2.24) is 5.43 Å². The molecule has 0 bridgehead atoms. The number of hydrogen-bond acceptors (Lipinski definition) is 5. The summed E-state index contributed by atoms with van der Waals surface area (Å²) in [5.41, 5.74) is 4.17. The van der Waals surface area contributed by atoms with Crippen molar-refractivity contribution in [2.45, 2.75) is 18.7 Å². The van der Waals surface area contributed by atoms with Crippen LogP contribution in [0.4, 0.5) is 5.69 Å². The van der Waals surface area contributed by atoms with E-state index in [1.807, 2.05) is 24.4 Å². The van der Waals surface area contributed by atoms with Gasteiger partial charge in [0.25, 0.3) is 15.9 Å². The minimum Gasteiger partial charge on any atom is -0.271 e. The van der Waals surface area contributed by atoms with Gasteiger partial charge in [0.1, 0.15) is 6.54 Å². The number of amides is 1. The smallest absolute Gasteiger partial charge is 0.264 e. The van der Waals surface area contributed by atoms with Crippen molar-refractivity contribution in [2.75, 3.05) is 10.8 Å². The van der Waals surface area contributed by atoms with Crippen LogP contribution in [0.25, 0.3) is 0 Å². The van der Waals surface area contributed by atoms with Crippen molar-refractivity contribution in [3.8, 4) is 0 Å². The van der Waals surface area contributed by atoms with Crippen molar-refractivity contribution in [3.05, 3.63) is 81.5 Å². The van der Waals surface area contributed by atoms with E-state index in [0.29, 0.717) is 16.4 Å². The molecule has 0 fully saturated rings. The van der Waals surface area contributed by atoms with Crippen LogP contribution >= 0.6 is 22.9 Å². The summed E-state index contributed by atoms with van der Waals surface area (Å²) in [5.74, 6) is -0.567. The Morgan fingerprint density at radius 2 is 1.87 bits per heavy atom. The highest BCUT2D eigenvalue weighted by atomic mass is 35.5. The lowest BCUT2D eigenvalue weighted by Gasteiger charge is -2.24. The molecule has 3 rings (SSSR count). The number of nitrogens with zero attached hydrogens (tertiary/aromatic N) is 2. The first-order chi connectivity index (χ1) is 14.3. The van der Waals surface area contributed by atoms with Gasteiger partial charge < -0.3 is 0 Å². The minimum atomic E-state index is -3.99. The quantitative estimate of drug-likeness (QED) is 0.417. The van der Waals surface area contributed by atoms with E-state index in [1.54, 1.807) is 37.3 Å². The molecule has 1 amide bonds. The number of sulfonamides is 1. The van der Waals surface area contributed by atoms with E-state index in [0.717, 1.165) is 14.7 Å². The Morgan fingerprint density at radius 1 is 1.13 bits per heavy atom. The molecule has 1 N–H and O–H groups in total. The number of carbonyl (C=O) groups excluding carboxylic acids is 1. The standard InChI is InChI=1S/C21H20ClN3O3S2/c1-15-10-11-17(13-19(15)22)25(30(27,28)18-7-4-3-5-8-18)14-21(26)24-23-16(2)20-9-6-12-29-20/h3-13H,14H2,1-2H3,(H,24,26). The zero-order valence-electron chi connectivity index (χ0n) is 16.4. The van der Waals surface area contributed by atoms with Crippen molar-refractivity contribution in [2.24, 2.45) is 5.10 Å². The zero-order valence-corrected chi connectivity index (χ0v) is 18.8. The monoisotopic (exact) mass is 461 g/mol. The second kappa shape index (κ2) is 9.42. The number of carbonyl (C=O) groups is 1. The molecule has 0 aliphatic heterocycles. The van der Waals surface area contributed by atoms with Crippen LogP contribution in [0.2, 0.25) is 5.02 Å². The topological polar surface area (TPSA) is 78.8 Å². The van der Waals surface area contributed by atoms with Crippen LogP contribution in [0.3, 0.4) is 0 Å². The molecule has 1 heterocycles. The number of benzene rings is 2. The van der Waals surface area contributed by atoms with E-state index in [9.17, 15) is 13.2 Å². The third kappa shape index (κ3) is 5.08. The fraction of sp³-hybridized carbons (Fsp3) is 0.143. The lowest BCUT2D eigenvalue weighted by molar-refractivity contribution is -0.119. The van der Waals surface area contributed by atoms with Gasteiger partial charge in [-0.2, -0.15) is 5.10 Å². The molecule has 0 atom stereocenters. The third-order valence-corrected chi connectivity index (χ3v) is 7.46. The molecule has 156 valence electrons. The van der Waals surface area contributed by atoms with Crippen LogP contribution in [0.5, 0.6) is 0 Å². The maximum Gasteiger partial charge on any atom is 0.264 e. The summed E-state index contributed by atoms with van der Waals surface area (Å²) in [6.07, 6.45) is 0. The summed E-state index contributed by atoms with van der Waals surface area (Å²) in [4.78, 5) is 13.6. The number of thiophene rings is 1. The molecule has 0 aliphatic rings. The summed E-state index contributed by atoms with van der Waals surface area (Å²) < 4.78 is 27.5. The van der Waals surface area contributed by atoms with Gasteiger partial charge in [-0.3, -0.25) is 9.10 Å². The van der Waals surface area contributed by atoms with Gasteiger partial charge in [-0.05, 0) is 55.1 Å². The lowest BCUT2D eigenvalue weighted by atomic mass is 10.2. The molecule has 0 saturated carbocycles. The molecule has 0 unspecified atom stereocenters. The van der Waals surface area contributed by atoms with Crippen LogP contribution in [-0.2, 0) is 14.8 Å². The maximum absolute atomic E-state index is 13.3. The van der Waals surface area contributed by atoms with Crippen molar-refractivity contribution >= 4 is 50.3 Å². The molecule has 1 aromatic heterocycles. The Kier molecular flexibility index (Phi) is 6.91. The van der Waals surface area contributed by atoms with Gasteiger partial charge in [0, 0.05) is 9.90 Å². The highest BCUT2D eigenvalue weighted by Crippen LogP contribution is 2.27. The fourth-order valence-corrected chi connectivity index (χ4v) is 4.91. The summed E-state index contributed by atoms with van der Waals surface area (Å²) >= 11 is 7.70. The molecule has 2 aromatic carbocycles. The summed E-state index contributed by atoms with van der Waals surface area (Å²) in [7, 11) is -3.99. The lowest BCUT2D eigenvalue weighted by Crippen LogP contribution is -2.39. The molecule has 0 aliphatic carbocycles. The number of hydrogen-bond donors (Lipinski definition) is 1. The van der Waals surface area contributed by atoms with E-state index in [4.69, 9.17) is 11.6 Å². The highest BCUT2D eigenvalue weighted by Gasteiger charge is 2.27. The molecule has 0 spiro atoms. The number of nitrogens with one attached hydrogen (secondary N) is 1. The molecule has 3 aromatic rings. The number of aryl methyl sites for hydroxylation is 1. The molecule has 0 saturated heterocycles. The van der Waals surface area contributed by atoms with Crippen molar-refractivity contribution in [3.63, 3.8) is 0 Å². The van der Waals surface area contributed by atoms with Crippen LogP contribution in [0, 0.1) is 6.92 Å². The Bertz CT molecular complexity index is 1160. The fourth-order valence-electron chi connectivity index (χ4n) is 2.62. The SMILES string of the molecule is CC(=NNC(=O)CN(c1ccc(C)c(Cl)c1)S(=O)(=O)c1ccccc1)c1cccs1. The van der Waals surface area contributed by atoms with E-state index >= 15 is 0 Å². The predicted molar refractivity (Wildman–Crippen MR) is 122 cm³/mol. The first kappa shape index (κ1) is 22.0. The van der Waals surface area contributed by atoms with Gasteiger partial charge in [0.05, 0.1) is 16.3 Å². The largest absolute Gasteiger partial charge is 0.271 e. The van der Waals surface area contributed by atoms with E-state index in [2.05, 4.69) is 10.5 Å². The van der Waals surface area contributed by atoms with Gasteiger partial charge in [-0.1, -0.05) is 41.9 Å². The Morgan fingerprint density at radius 3 is 2.50 bits per heavy atom. The maximum atomic E-state index is 13.3. The van der Waals surface area contributed by atoms with Crippen LogP contribution in [0.15, 0.2) is 76.0 Å². The summed E-state index contributed by atoms with van der Waals surface area (Å²) in [6, 6.07) is 16.6. The normalized spacial score (nSPS) is 11.9. The molecular weight excluding hydrogens is 442 g/mol. The Hall–Kier alpha value is -2.68. The second-order valence-electron chi connectivity index (χ2n) is 6.47. The predicted octanol–water partition coefficient (Wildman–Crippen LogP) is 4.45. The van der Waals surface area contributed by atoms with Crippen LogP contribution in [0.1, 0.15) is 17.4 Å². The van der Waals surface area contributed by atoms with Crippen molar-refractivity contribution < 1.29 is 13.2 Å². The average Bonchev–Trinajstić information content (AvgIpc) is 3.28. The molecule has 9 heteroatoms. The Balaban J connectivity index is 1.90.